The van der Waals surface area contributed by atoms with Crippen LogP contribution in [0.25, 0.3) is 5.69 Å². The number of nitrogens with one attached hydrogen (secondary N) is 2. The number of hydrogen-bond donors (Lipinski definition) is 2. The standard InChI is InChI=1S/C20H21FN6O/c1-13-8-9-18(22-12-13)25-16-6-3-7-17(16)26-20(28)14-4-2-5-15(21)19(14)27-23-10-11-24-27/h2,4-5,8-12,16-17H,3,6-7H2,1H3,(H,22,25)(H,26,28)/t16-,17?/m0/s1. The van der Waals surface area contributed by atoms with Gasteiger partial charge in [0, 0.05) is 18.3 Å². The van der Waals surface area contributed by atoms with Gasteiger partial charge in [0.2, 0.25) is 0 Å². The van der Waals surface area contributed by atoms with Crippen molar-refractivity contribution in [2.45, 2.75) is 38.3 Å². The normalized spacial score (nSPS) is 18.8. The molecule has 8 heteroatoms. The summed E-state index contributed by atoms with van der Waals surface area (Å²) in [4.78, 5) is 18.4. The van der Waals surface area contributed by atoms with Gasteiger partial charge in [-0.3, -0.25) is 4.79 Å². The number of carbonyl (C=O) groups is 1. The molecule has 2 N–H and O–H groups in total. The van der Waals surface area contributed by atoms with E-state index in [0.29, 0.717) is 0 Å². The highest BCUT2D eigenvalue weighted by molar-refractivity contribution is 5.98. The molecule has 144 valence electrons. The third-order valence-corrected chi connectivity index (χ3v) is 4.93. The summed E-state index contributed by atoms with van der Waals surface area (Å²) in [7, 11) is 0. The number of para-hydroxylation sites is 1. The van der Waals surface area contributed by atoms with Crippen molar-refractivity contribution in [1.29, 1.82) is 0 Å². The summed E-state index contributed by atoms with van der Waals surface area (Å²) >= 11 is 0. The molecule has 0 spiro atoms. The van der Waals surface area contributed by atoms with Crippen molar-refractivity contribution in [3.05, 3.63) is 65.9 Å². The minimum atomic E-state index is -0.547. The lowest BCUT2D eigenvalue weighted by Crippen LogP contribution is -2.43. The second-order valence-electron chi connectivity index (χ2n) is 6.94. The number of anilines is 1. The smallest absolute Gasteiger partial charge is 0.253 e. The lowest BCUT2D eigenvalue weighted by atomic mass is 10.1. The molecule has 3 aromatic rings. The highest BCUT2D eigenvalue weighted by Gasteiger charge is 2.30. The minimum Gasteiger partial charge on any atom is -0.365 e. The number of rotatable bonds is 5. The fourth-order valence-electron chi connectivity index (χ4n) is 3.53. The second-order valence-corrected chi connectivity index (χ2v) is 6.94. The first-order chi connectivity index (χ1) is 13.6. The topological polar surface area (TPSA) is 84.7 Å². The van der Waals surface area contributed by atoms with Crippen molar-refractivity contribution < 1.29 is 9.18 Å². The first-order valence-corrected chi connectivity index (χ1v) is 9.27. The number of pyridine rings is 1. The average molecular weight is 380 g/mol. The number of amides is 1. The molecule has 0 aliphatic heterocycles. The van der Waals surface area contributed by atoms with Crippen LogP contribution in [0.15, 0.2) is 48.9 Å². The van der Waals surface area contributed by atoms with Crippen molar-refractivity contribution >= 4 is 11.7 Å². The molecular weight excluding hydrogens is 359 g/mol. The van der Waals surface area contributed by atoms with E-state index in [-0.39, 0.29) is 29.2 Å². The summed E-state index contributed by atoms with van der Waals surface area (Å²) in [6.07, 6.45) is 7.46. The summed E-state index contributed by atoms with van der Waals surface area (Å²) in [5.74, 6) is -0.111. The number of benzene rings is 1. The molecule has 1 saturated carbocycles. The Morgan fingerprint density at radius 3 is 2.68 bits per heavy atom. The SMILES string of the molecule is Cc1ccc(N[C@H]2CCCC2NC(=O)c2cccc(F)c2-n2nccn2)nc1. The number of halogens is 1. The Morgan fingerprint density at radius 2 is 1.93 bits per heavy atom. The summed E-state index contributed by atoms with van der Waals surface area (Å²) in [5.41, 5.74) is 1.34. The first-order valence-electron chi connectivity index (χ1n) is 9.27. The van der Waals surface area contributed by atoms with Crippen LogP contribution in [-0.2, 0) is 0 Å². The quantitative estimate of drug-likeness (QED) is 0.711. The predicted octanol–water partition coefficient (Wildman–Crippen LogP) is 2.87. The van der Waals surface area contributed by atoms with E-state index in [1.54, 1.807) is 12.3 Å². The highest BCUT2D eigenvalue weighted by Crippen LogP contribution is 2.24. The summed E-state index contributed by atoms with van der Waals surface area (Å²) in [6, 6.07) is 8.30. The van der Waals surface area contributed by atoms with Crippen LogP contribution in [0.2, 0.25) is 0 Å². The van der Waals surface area contributed by atoms with Crippen LogP contribution < -0.4 is 10.6 Å². The zero-order chi connectivity index (χ0) is 19.5. The average Bonchev–Trinajstić information content (AvgIpc) is 3.36. The van der Waals surface area contributed by atoms with Gasteiger partial charge in [-0.2, -0.15) is 10.2 Å². The van der Waals surface area contributed by atoms with Crippen molar-refractivity contribution in [2.75, 3.05) is 5.32 Å². The lowest BCUT2D eigenvalue weighted by molar-refractivity contribution is 0.0935. The van der Waals surface area contributed by atoms with Crippen LogP contribution in [0.3, 0.4) is 0 Å². The fourth-order valence-corrected chi connectivity index (χ4v) is 3.53. The van der Waals surface area contributed by atoms with E-state index < -0.39 is 5.82 Å². The molecule has 0 radical (unpaired) electrons. The molecule has 2 aromatic heterocycles. The Labute approximate surface area is 162 Å². The number of hydrogen-bond acceptors (Lipinski definition) is 5. The van der Waals surface area contributed by atoms with Gasteiger partial charge in [0.15, 0.2) is 5.82 Å². The maximum absolute atomic E-state index is 14.4. The monoisotopic (exact) mass is 380 g/mol. The van der Waals surface area contributed by atoms with Crippen LogP contribution >= 0.6 is 0 Å². The number of nitrogens with zero attached hydrogens (tertiary/aromatic N) is 4. The molecule has 1 aliphatic carbocycles. The molecule has 7 nitrogen and oxygen atoms in total. The van der Waals surface area contributed by atoms with Crippen LogP contribution in [0.4, 0.5) is 10.2 Å². The van der Waals surface area contributed by atoms with Gasteiger partial charge < -0.3 is 10.6 Å². The molecule has 2 atom stereocenters. The van der Waals surface area contributed by atoms with Crippen LogP contribution in [0.5, 0.6) is 0 Å². The zero-order valence-corrected chi connectivity index (χ0v) is 15.5. The van der Waals surface area contributed by atoms with Crippen LogP contribution in [0.1, 0.15) is 35.2 Å². The molecule has 1 amide bonds. The first kappa shape index (κ1) is 18.1. The number of aryl methyl sites for hydroxylation is 1. The second kappa shape index (κ2) is 7.75. The highest BCUT2D eigenvalue weighted by atomic mass is 19.1. The Bertz CT molecular complexity index is 957. The molecule has 1 aliphatic rings. The minimum absolute atomic E-state index is 0.0488. The van der Waals surface area contributed by atoms with E-state index in [4.69, 9.17) is 0 Å². The summed E-state index contributed by atoms with van der Waals surface area (Å²) < 4.78 is 14.4. The van der Waals surface area contributed by atoms with Gasteiger partial charge in [0.05, 0.1) is 18.0 Å². The predicted molar refractivity (Wildman–Crippen MR) is 103 cm³/mol. The fraction of sp³-hybridized carbons (Fsp3) is 0.300. The summed E-state index contributed by atoms with van der Waals surface area (Å²) in [6.45, 7) is 1.99. The van der Waals surface area contributed by atoms with Crippen LogP contribution in [0, 0.1) is 12.7 Å². The molecule has 28 heavy (non-hydrogen) atoms. The van der Waals surface area contributed by atoms with Crippen molar-refractivity contribution in [3.63, 3.8) is 0 Å². The Morgan fingerprint density at radius 1 is 1.14 bits per heavy atom. The van der Waals surface area contributed by atoms with Crippen molar-refractivity contribution in [2.24, 2.45) is 0 Å². The zero-order valence-electron chi connectivity index (χ0n) is 15.5. The number of aromatic nitrogens is 4. The molecule has 1 fully saturated rings. The molecule has 4 rings (SSSR count). The third kappa shape index (κ3) is 3.71. The van der Waals surface area contributed by atoms with Gasteiger partial charge in [-0.1, -0.05) is 12.1 Å². The molecule has 0 bridgehead atoms. The van der Waals surface area contributed by atoms with E-state index in [2.05, 4.69) is 25.8 Å². The van der Waals surface area contributed by atoms with Gasteiger partial charge >= 0.3 is 0 Å². The molecule has 1 unspecified atom stereocenters. The Balaban J connectivity index is 1.52. The van der Waals surface area contributed by atoms with Gasteiger partial charge in [-0.05, 0) is 49.9 Å². The molecule has 0 saturated heterocycles. The number of carbonyl (C=O) groups excluding carboxylic acids is 1. The van der Waals surface area contributed by atoms with Gasteiger partial charge in [0.1, 0.15) is 11.5 Å². The molecule has 2 heterocycles. The van der Waals surface area contributed by atoms with E-state index >= 15 is 0 Å². The Hall–Kier alpha value is -3.29. The molecule has 1 aromatic carbocycles. The van der Waals surface area contributed by atoms with Crippen molar-refractivity contribution in [3.8, 4) is 5.69 Å². The van der Waals surface area contributed by atoms with Crippen molar-refractivity contribution in [1.82, 2.24) is 25.3 Å². The maximum Gasteiger partial charge on any atom is 0.253 e. The van der Waals surface area contributed by atoms with Gasteiger partial charge in [-0.15, -0.1) is 4.80 Å². The van der Waals surface area contributed by atoms with Gasteiger partial charge in [0.25, 0.3) is 5.91 Å². The largest absolute Gasteiger partial charge is 0.365 e. The van der Waals surface area contributed by atoms with E-state index in [0.717, 1.165) is 35.4 Å². The molecular formula is C20H21FN6O. The maximum atomic E-state index is 14.4. The van der Waals surface area contributed by atoms with Gasteiger partial charge in [-0.25, -0.2) is 9.37 Å². The van der Waals surface area contributed by atoms with E-state index in [9.17, 15) is 9.18 Å². The van der Waals surface area contributed by atoms with Crippen LogP contribution in [-0.4, -0.2) is 38.0 Å². The third-order valence-electron chi connectivity index (χ3n) is 4.93. The Kier molecular flexibility index (Phi) is 5.01. The van der Waals surface area contributed by atoms with E-state index in [1.165, 1.54) is 24.5 Å². The summed E-state index contributed by atoms with van der Waals surface area (Å²) in [5, 5.41) is 14.4. The van der Waals surface area contributed by atoms with E-state index in [1.807, 2.05) is 19.1 Å². The lowest BCUT2D eigenvalue weighted by Gasteiger charge is -2.23.